The molecule has 0 aliphatic carbocycles. The third-order valence-electron chi connectivity index (χ3n) is 3.41. The minimum absolute atomic E-state index is 0.445. The first-order valence-electron chi connectivity index (χ1n) is 7.42. The summed E-state index contributed by atoms with van der Waals surface area (Å²) in [4.78, 5) is 48.7. The standard InChI is InChI=1S/C14H18ClN3O8/c1-6(19)14(15)13(25-9(4)22)11(17-18-16)12(24-8(3)21)10(26-14)5-23-7(2)20/h10-13H,5H2,1-4H3/t10-,11+,12+,13-,14-/m1/s1. The molecular formula is C14H18ClN3O8. The first kappa shape index (κ1) is 21.7. The molecule has 0 N–H and O–H groups in total. The van der Waals surface area contributed by atoms with Crippen LogP contribution in [0, 0.1) is 0 Å². The van der Waals surface area contributed by atoms with Crippen LogP contribution in [-0.2, 0) is 38.1 Å². The summed E-state index contributed by atoms with van der Waals surface area (Å²) in [6, 6.07) is -1.40. The summed E-state index contributed by atoms with van der Waals surface area (Å²) in [5.74, 6) is -3.02. The van der Waals surface area contributed by atoms with Crippen LogP contribution in [0.15, 0.2) is 5.11 Å². The number of rotatable bonds is 6. The van der Waals surface area contributed by atoms with Gasteiger partial charge in [-0.1, -0.05) is 16.7 Å². The molecule has 1 aliphatic rings. The number of azide groups is 1. The fraction of sp³-hybridized carbons (Fsp3) is 0.714. The largest absolute Gasteiger partial charge is 0.463 e. The smallest absolute Gasteiger partial charge is 0.303 e. The van der Waals surface area contributed by atoms with Crippen LogP contribution in [0.25, 0.3) is 10.4 Å². The quantitative estimate of drug-likeness (QED) is 0.162. The summed E-state index contributed by atoms with van der Waals surface area (Å²) in [5, 5.41) is 1.25. The van der Waals surface area contributed by atoms with Crippen LogP contribution in [0.4, 0.5) is 0 Å². The molecular weight excluding hydrogens is 374 g/mol. The van der Waals surface area contributed by atoms with Gasteiger partial charge in [0, 0.05) is 25.7 Å². The molecule has 0 unspecified atom stereocenters. The van der Waals surface area contributed by atoms with E-state index >= 15 is 0 Å². The van der Waals surface area contributed by atoms with Crippen molar-refractivity contribution in [3.63, 3.8) is 0 Å². The number of hydrogen-bond acceptors (Lipinski definition) is 9. The summed E-state index contributed by atoms with van der Waals surface area (Å²) < 4.78 is 20.5. The van der Waals surface area contributed by atoms with E-state index in [0.29, 0.717) is 0 Å². The van der Waals surface area contributed by atoms with Gasteiger partial charge in [-0.05, 0) is 12.5 Å². The van der Waals surface area contributed by atoms with E-state index in [1.807, 2.05) is 0 Å². The van der Waals surface area contributed by atoms with Gasteiger partial charge in [0.1, 0.15) is 24.9 Å². The Balaban J connectivity index is 3.42. The van der Waals surface area contributed by atoms with Crippen LogP contribution in [0.2, 0.25) is 0 Å². The second kappa shape index (κ2) is 8.84. The molecule has 0 bridgehead atoms. The summed E-state index contributed by atoms with van der Waals surface area (Å²) in [7, 11) is 0. The molecule has 0 radical (unpaired) electrons. The van der Waals surface area contributed by atoms with E-state index in [1.54, 1.807) is 0 Å². The SMILES string of the molecule is CC(=O)OC[C@H]1O[C@](Cl)(C(C)=O)[C@H](OC(C)=O)[C@@H](N=[N+]=[N-])[C@H]1OC(C)=O. The Labute approximate surface area is 153 Å². The molecule has 1 fully saturated rings. The van der Waals surface area contributed by atoms with E-state index in [-0.39, 0.29) is 0 Å². The van der Waals surface area contributed by atoms with Crippen LogP contribution < -0.4 is 0 Å². The van der Waals surface area contributed by atoms with Crippen molar-refractivity contribution in [2.75, 3.05) is 6.61 Å². The maximum Gasteiger partial charge on any atom is 0.303 e. The molecule has 12 heteroatoms. The molecule has 0 saturated carbocycles. The lowest BCUT2D eigenvalue weighted by Gasteiger charge is -2.46. The molecule has 1 aliphatic heterocycles. The zero-order valence-electron chi connectivity index (χ0n) is 14.5. The number of ketones is 1. The highest BCUT2D eigenvalue weighted by Crippen LogP contribution is 2.39. The third kappa shape index (κ3) is 5.07. The average Bonchev–Trinajstić information content (AvgIpc) is 2.50. The highest BCUT2D eigenvalue weighted by Gasteiger charge is 2.59. The van der Waals surface area contributed by atoms with Crippen LogP contribution in [0.5, 0.6) is 0 Å². The number of hydrogen-bond donors (Lipinski definition) is 0. The maximum absolute atomic E-state index is 12.1. The monoisotopic (exact) mass is 391 g/mol. The van der Waals surface area contributed by atoms with Crippen LogP contribution in [-0.4, -0.2) is 59.7 Å². The molecule has 5 atom stereocenters. The van der Waals surface area contributed by atoms with Gasteiger partial charge < -0.3 is 18.9 Å². The number of esters is 3. The van der Waals surface area contributed by atoms with E-state index in [2.05, 4.69) is 10.0 Å². The van der Waals surface area contributed by atoms with E-state index in [4.69, 9.17) is 36.1 Å². The lowest BCUT2D eigenvalue weighted by atomic mass is 9.90. The minimum atomic E-state index is -2.23. The van der Waals surface area contributed by atoms with Crippen molar-refractivity contribution in [2.24, 2.45) is 5.11 Å². The van der Waals surface area contributed by atoms with Crippen molar-refractivity contribution >= 4 is 35.3 Å². The molecule has 144 valence electrons. The highest BCUT2D eigenvalue weighted by molar-refractivity contribution is 6.34. The molecule has 0 aromatic carbocycles. The Morgan fingerprint density at radius 2 is 1.69 bits per heavy atom. The van der Waals surface area contributed by atoms with Gasteiger partial charge in [0.25, 0.3) is 0 Å². The highest BCUT2D eigenvalue weighted by atomic mass is 35.5. The second-order valence-corrected chi connectivity index (χ2v) is 6.02. The fourth-order valence-electron chi connectivity index (χ4n) is 2.43. The molecule has 1 heterocycles. The molecule has 0 amide bonds. The average molecular weight is 392 g/mol. The molecule has 0 aromatic rings. The van der Waals surface area contributed by atoms with E-state index in [1.165, 1.54) is 0 Å². The Hall–Kier alpha value is -2.36. The van der Waals surface area contributed by atoms with Crippen molar-refractivity contribution in [2.45, 2.75) is 57.1 Å². The van der Waals surface area contributed by atoms with Gasteiger partial charge in [-0.25, -0.2) is 0 Å². The predicted molar refractivity (Wildman–Crippen MR) is 84.8 cm³/mol. The first-order chi connectivity index (χ1) is 12.0. The van der Waals surface area contributed by atoms with Gasteiger partial charge in [-0.2, -0.15) is 0 Å². The summed E-state index contributed by atoms with van der Waals surface area (Å²) in [6.45, 7) is 3.90. The predicted octanol–water partition coefficient (Wildman–Crippen LogP) is 1.01. The molecule has 1 rings (SSSR count). The van der Waals surface area contributed by atoms with E-state index < -0.39 is 59.7 Å². The number of nitrogens with zero attached hydrogens (tertiary/aromatic N) is 3. The van der Waals surface area contributed by atoms with Crippen LogP contribution in [0.3, 0.4) is 0 Å². The summed E-state index contributed by atoms with van der Waals surface area (Å²) in [5.41, 5.74) is 8.86. The Morgan fingerprint density at radius 1 is 1.12 bits per heavy atom. The summed E-state index contributed by atoms with van der Waals surface area (Å²) in [6.07, 6.45) is -4.14. The molecule has 26 heavy (non-hydrogen) atoms. The number of Topliss-reactive ketones (excluding diaryl/α,β-unsaturated/α-hetero) is 1. The summed E-state index contributed by atoms with van der Waals surface area (Å²) >= 11 is 6.25. The topological polar surface area (TPSA) is 154 Å². The van der Waals surface area contributed by atoms with E-state index in [0.717, 1.165) is 27.7 Å². The maximum atomic E-state index is 12.1. The number of alkyl halides is 1. The van der Waals surface area contributed by atoms with Crippen LogP contribution >= 0.6 is 11.6 Å². The van der Waals surface area contributed by atoms with Gasteiger partial charge in [-0.15, -0.1) is 0 Å². The van der Waals surface area contributed by atoms with Gasteiger partial charge in [-0.3, -0.25) is 19.2 Å². The minimum Gasteiger partial charge on any atom is -0.463 e. The molecule has 11 nitrogen and oxygen atoms in total. The first-order valence-corrected chi connectivity index (χ1v) is 7.80. The van der Waals surface area contributed by atoms with Gasteiger partial charge in [0.15, 0.2) is 11.9 Å². The zero-order chi connectivity index (χ0) is 20.1. The fourth-order valence-corrected chi connectivity index (χ4v) is 2.71. The number of halogens is 1. The number of ether oxygens (including phenoxy) is 4. The van der Waals surface area contributed by atoms with Gasteiger partial charge >= 0.3 is 17.9 Å². The van der Waals surface area contributed by atoms with Crippen molar-refractivity contribution in [3.8, 4) is 0 Å². The van der Waals surface area contributed by atoms with Crippen molar-refractivity contribution in [1.29, 1.82) is 0 Å². The molecule has 1 saturated heterocycles. The molecule has 0 aromatic heterocycles. The van der Waals surface area contributed by atoms with Crippen molar-refractivity contribution in [3.05, 3.63) is 10.4 Å². The number of carbonyl (C=O) groups excluding carboxylic acids is 4. The lowest BCUT2D eigenvalue weighted by molar-refractivity contribution is -0.225. The van der Waals surface area contributed by atoms with Crippen molar-refractivity contribution < 1.29 is 38.1 Å². The zero-order valence-corrected chi connectivity index (χ0v) is 15.3. The number of carbonyl (C=O) groups is 4. The lowest BCUT2D eigenvalue weighted by Crippen LogP contribution is -2.66. The van der Waals surface area contributed by atoms with Gasteiger partial charge in [0.2, 0.25) is 5.06 Å². The van der Waals surface area contributed by atoms with Crippen LogP contribution in [0.1, 0.15) is 27.7 Å². The van der Waals surface area contributed by atoms with Crippen molar-refractivity contribution in [1.82, 2.24) is 0 Å². The Kier molecular flexibility index (Phi) is 7.37. The third-order valence-corrected chi connectivity index (χ3v) is 3.98. The Morgan fingerprint density at radius 3 is 2.12 bits per heavy atom. The Bertz CT molecular complexity index is 650. The van der Waals surface area contributed by atoms with Gasteiger partial charge in [0.05, 0.1) is 0 Å². The molecule has 0 spiro atoms. The second-order valence-electron chi connectivity index (χ2n) is 5.46. The normalized spacial score (nSPS) is 30.5. The van der Waals surface area contributed by atoms with E-state index in [9.17, 15) is 19.2 Å².